The molecule has 0 atom stereocenters. The third-order valence-electron chi connectivity index (χ3n) is 3.91. The van der Waals surface area contributed by atoms with E-state index in [9.17, 15) is 17.7 Å². The molecule has 0 aliphatic carbocycles. The molecule has 0 amide bonds. The molecule has 27 heavy (non-hydrogen) atoms. The van der Waals surface area contributed by atoms with E-state index in [0.29, 0.717) is 32.0 Å². The summed E-state index contributed by atoms with van der Waals surface area (Å²) in [7, 11) is -0.179. The molecule has 3 N–H and O–H groups in total. The van der Waals surface area contributed by atoms with Gasteiger partial charge in [0.1, 0.15) is 13.2 Å². The van der Waals surface area contributed by atoms with Crippen LogP contribution in [0.15, 0.2) is 12.1 Å². The van der Waals surface area contributed by atoms with Gasteiger partial charge in [0.25, 0.3) is 0 Å². The average molecular weight is 410 g/mol. The van der Waals surface area contributed by atoms with Gasteiger partial charge in [-0.1, -0.05) is 0 Å². The molecule has 1 aromatic rings. The lowest BCUT2D eigenvalue weighted by Gasteiger charge is -2.31. The van der Waals surface area contributed by atoms with E-state index in [0.717, 1.165) is 25.3 Å². The molecular formula is C17H28F3N3O3P+. The van der Waals surface area contributed by atoms with Gasteiger partial charge < -0.3 is 16.0 Å². The monoisotopic (exact) mass is 410 g/mol. The fourth-order valence-corrected chi connectivity index (χ4v) is 3.19. The van der Waals surface area contributed by atoms with E-state index < -0.39 is 20.0 Å². The van der Waals surface area contributed by atoms with Crippen LogP contribution in [0.1, 0.15) is 38.7 Å². The molecule has 0 bridgehead atoms. The minimum Gasteiger partial charge on any atom is -0.397 e. The predicted octanol–water partition coefficient (Wildman–Crippen LogP) is 5.04. The lowest BCUT2D eigenvalue weighted by molar-refractivity contribution is -0.137. The summed E-state index contributed by atoms with van der Waals surface area (Å²) in [5, 5.41) is 2.83. The van der Waals surface area contributed by atoms with Crippen molar-refractivity contribution in [3.05, 3.63) is 17.7 Å². The van der Waals surface area contributed by atoms with Gasteiger partial charge in [0.05, 0.1) is 22.6 Å². The van der Waals surface area contributed by atoms with Gasteiger partial charge in [0.2, 0.25) is 0 Å². The number of alkyl halides is 3. The molecule has 0 saturated carbocycles. The molecule has 1 saturated heterocycles. The van der Waals surface area contributed by atoms with Gasteiger partial charge >= 0.3 is 14.4 Å². The highest BCUT2D eigenvalue weighted by Gasteiger charge is 2.36. The smallest absolute Gasteiger partial charge is 0.397 e. The topological polar surface area (TPSA) is 76.8 Å². The summed E-state index contributed by atoms with van der Waals surface area (Å²) in [5.41, 5.74) is 5.88. The van der Waals surface area contributed by atoms with E-state index in [1.807, 2.05) is 0 Å². The van der Waals surface area contributed by atoms with E-state index >= 15 is 0 Å². The Morgan fingerprint density at radius 2 is 1.70 bits per heavy atom. The maximum absolute atomic E-state index is 13.1. The first kappa shape index (κ1) is 23.5. The summed E-state index contributed by atoms with van der Waals surface area (Å²) in [6.07, 6.45) is -1.45. The molecule has 2 rings (SSSR count). The van der Waals surface area contributed by atoms with Crippen molar-refractivity contribution in [3.8, 4) is 0 Å². The molecule has 10 heteroatoms. The first-order valence-corrected chi connectivity index (χ1v) is 10.0. The molecule has 1 heterocycles. The van der Waals surface area contributed by atoms with E-state index in [1.54, 1.807) is 25.8 Å². The largest absolute Gasteiger partial charge is 0.697 e. The molecule has 0 spiro atoms. The minimum absolute atomic E-state index is 0.121. The van der Waals surface area contributed by atoms with E-state index in [-0.39, 0.29) is 11.4 Å². The second kappa shape index (κ2) is 11.3. The Kier molecular flexibility index (Phi) is 9.83. The van der Waals surface area contributed by atoms with Gasteiger partial charge in [-0.3, -0.25) is 0 Å². The molecule has 1 aliphatic rings. The van der Waals surface area contributed by atoms with Crippen molar-refractivity contribution in [2.75, 3.05) is 49.3 Å². The third-order valence-corrected chi connectivity index (χ3v) is 4.85. The zero-order valence-corrected chi connectivity index (χ0v) is 16.8. The number of hydrogen-bond acceptors (Lipinski definition) is 6. The number of benzene rings is 1. The fraction of sp³-hybridized carbons (Fsp3) is 0.647. The number of halogens is 3. The molecule has 1 aromatic carbocycles. The highest BCUT2D eigenvalue weighted by atomic mass is 31.1. The van der Waals surface area contributed by atoms with Crippen LogP contribution in [0.3, 0.4) is 0 Å². The maximum Gasteiger partial charge on any atom is 0.697 e. The van der Waals surface area contributed by atoms with Crippen LogP contribution in [0.2, 0.25) is 0 Å². The maximum atomic E-state index is 13.1. The van der Waals surface area contributed by atoms with Crippen LogP contribution >= 0.6 is 8.25 Å². The zero-order valence-electron chi connectivity index (χ0n) is 15.9. The SMILES string of the molecule is CCO[P+](=O)OCC.CNc1cc(N2CCCCC2)c(C(F)(F)F)cc1N. The highest BCUT2D eigenvalue weighted by Crippen LogP contribution is 2.41. The van der Waals surface area contributed by atoms with Gasteiger partial charge in [-0.25, -0.2) is 0 Å². The predicted molar refractivity (Wildman–Crippen MR) is 102 cm³/mol. The number of nitrogens with zero attached hydrogens (tertiary/aromatic N) is 1. The Labute approximate surface area is 159 Å². The van der Waals surface area contributed by atoms with Crippen molar-refractivity contribution in [2.24, 2.45) is 0 Å². The second-order valence-electron chi connectivity index (χ2n) is 5.81. The van der Waals surface area contributed by atoms with Gasteiger partial charge in [-0.05, 0) is 45.2 Å². The summed E-state index contributed by atoms with van der Waals surface area (Å²) in [4.78, 5) is 1.80. The molecule has 6 nitrogen and oxygen atoms in total. The quantitative estimate of drug-likeness (QED) is 0.506. The number of nitrogens with one attached hydrogen (secondary N) is 1. The number of rotatable bonds is 6. The fourth-order valence-electron chi connectivity index (χ4n) is 2.69. The molecule has 0 aromatic heterocycles. The van der Waals surface area contributed by atoms with E-state index in [1.165, 1.54) is 6.07 Å². The molecular weight excluding hydrogens is 382 g/mol. The summed E-state index contributed by atoms with van der Waals surface area (Å²) in [6.45, 7) is 5.75. The van der Waals surface area contributed by atoms with Gasteiger partial charge in [0, 0.05) is 24.7 Å². The van der Waals surface area contributed by atoms with Crippen molar-refractivity contribution < 1.29 is 26.8 Å². The summed E-state index contributed by atoms with van der Waals surface area (Å²) in [6, 6.07) is 2.53. The number of hydrogen-bond donors (Lipinski definition) is 2. The van der Waals surface area contributed by atoms with Crippen molar-refractivity contribution in [1.82, 2.24) is 0 Å². The Bertz CT molecular complexity index is 601. The van der Waals surface area contributed by atoms with E-state index in [2.05, 4.69) is 14.4 Å². The first-order chi connectivity index (χ1) is 12.7. The Morgan fingerprint density at radius 3 is 2.15 bits per heavy atom. The third kappa shape index (κ3) is 7.52. The van der Waals surface area contributed by atoms with Crippen molar-refractivity contribution in [2.45, 2.75) is 39.3 Å². The van der Waals surface area contributed by atoms with Crippen molar-refractivity contribution in [1.29, 1.82) is 0 Å². The van der Waals surface area contributed by atoms with Gasteiger partial charge in [0.15, 0.2) is 0 Å². The van der Waals surface area contributed by atoms with Gasteiger partial charge in [-0.2, -0.15) is 13.2 Å². The number of nitrogens with two attached hydrogens (primary N) is 1. The Hall–Kier alpha value is -1.57. The first-order valence-electron chi connectivity index (χ1n) is 8.91. The molecule has 0 radical (unpaired) electrons. The lowest BCUT2D eigenvalue weighted by atomic mass is 10.0. The van der Waals surface area contributed by atoms with Crippen molar-refractivity contribution in [3.63, 3.8) is 0 Å². The van der Waals surface area contributed by atoms with Crippen LogP contribution in [0, 0.1) is 0 Å². The Morgan fingerprint density at radius 1 is 1.15 bits per heavy atom. The van der Waals surface area contributed by atoms with E-state index in [4.69, 9.17) is 5.73 Å². The number of anilines is 3. The van der Waals surface area contributed by atoms with Gasteiger partial charge in [-0.15, -0.1) is 9.05 Å². The Balaban J connectivity index is 0.000000387. The summed E-state index contributed by atoms with van der Waals surface area (Å²) < 4.78 is 58.8. The van der Waals surface area contributed by atoms with Crippen LogP contribution in [-0.2, 0) is 19.8 Å². The summed E-state index contributed by atoms with van der Waals surface area (Å²) in [5.74, 6) is 0. The number of nitrogen functional groups attached to an aromatic ring is 1. The molecule has 1 fully saturated rings. The molecule has 1 aliphatic heterocycles. The van der Waals surface area contributed by atoms with Crippen LogP contribution < -0.4 is 16.0 Å². The molecule has 0 unspecified atom stereocenters. The highest BCUT2D eigenvalue weighted by molar-refractivity contribution is 7.33. The van der Waals surface area contributed by atoms with Crippen LogP contribution in [-0.4, -0.2) is 33.4 Å². The zero-order chi connectivity index (χ0) is 20.4. The standard InChI is InChI=1S/C13H18F3N3.C4H10O3P/c1-18-11-8-12(19-5-3-2-4-6-19)9(7-10(11)17)13(14,15)16;1-3-6-8(5)7-4-2/h7-8,18H,2-6,17H2,1H3;3-4H2,1-2H3/q;+1. The van der Waals surface area contributed by atoms with Crippen molar-refractivity contribution >= 4 is 25.3 Å². The number of piperidine rings is 1. The lowest BCUT2D eigenvalue weighted by Crippen LogP contribution is -2.31. The molecule has 154 valence electrons. The van der Waals surface area contributed by atoms with Crippen LogP contribution in [0.5, 0.6) is 0 Å². The summed E-state index contributed by atoms with van der Waals surface area (Å²) >= 11 is 0. The second-order valence-corrected chi connectivity index (χ2v) is 6.77. The average Bonchev–Trinajstić information content (AvgIpc) is 2.62. The van der Waals surface area contributed by atoms with Crippen LogP contribution in [0.25, 0.3) is 0 Å². The normalized spacial score (nSPS) is 14.4. The van der Waals surface area contributed by atoms with Crippen LogP contribution in [0.4, 0.5) is 30.2 Å². The minimum atomic E-state index is -4.38.